The molecule has 0 aliphatic heterocycles. The summed E-state index contributed by atoms with van der Waals surface area (Å²) in [5, 5.41) is 6.29. The summed E-state index contributed by atoms with van der Waals surface area (Å²) in [5.74, 6) is -0.992. The predicted octanol–water partition coefficient (Wildman–Crippen LogP) is 1.62. The minimum absolute atomic E-state index is 0.162. The Kier molecular flexibility index (Phi) is 2.44. The van der Waals surface area contributed by atoms with E-state index in [1.807, 2.05) is 0 Å². The van der Waals surface area contributed by atoms with Gasteiger partial charge in [-0.05, 0) is 30.7 Å². The minimum Gasteiger partial charge on any atom is -0.364 e. The van der Waals surface area contributed by atoms with Crippen molar-refractivity contribution < 1.29 is 9.18 Å². The third-order valence-corrected chi connectivity index (χ3v) is 2.24. The topological polar surface area (TPSA) is 71.8 Å². The first kappa shape index (κ1) is 10.4. The van der Waals surface area contributed by atoms with Gasteiger partial charge in [0.25, 0.3) is 5.91 Å². The number of hydrogen-bond donors (Lipinski definition) is 2. The first-order chi connectivity index (χ1) is 7.58. The summed E-state index contributed by atoms with van der Waals surface area (Å²) in [7, 11) is 0. The molecule has 3 N–H and O–H groups in total. The molecule has 2 rings (SSSR count). The highest BCUT2D eigenvalue weighted by atomic mass is 19.1. The number of halogens is 1. The van der Waals surface area contributed by atoms with Crippen molar-refractivity contribution in [1.82, 2.24) is 10.2 Å². The van der Waals surface area contributed by atoms with E-state index in [-0.39, 0.29) is 11.5 Å². The number of carbonyl (C=O) groups is 1. The Morgan fingerprint density at radius 1 is 1.44 bits per heavy atom. The molecule has 0 fully saturated rings. The van der Waals surface area contributed by atoms with Crippen LogP contribution in [0.2, 0.25) is 0 Å². The van der Waals surface area contributed by atoms with Crippen LogP contribution in [0, 0.1) is 12.7 Å². The number of benzene rings is 1. The Bertz CT molecular complexity index is 548. The average Bonchev–Trinajstić information content (AvgIpc) is 2.66. The van der Waals surface area contributed by atoms with Crippen molar-refractivity contribution in [2.75, 3.05) is 0 Å². The number of nitrogens with zero attached hydrogens (tertiary/aromatic N) is 1. The van der Waals surface area contributed by atoms with Gasteiger partial charge in [-0.25, -0.2) is 4.39 Å². The van der Waals surface area contributed by atoms with Gasteiger partial charge in [-0.2, -0.15) is 5.10 Å². The number of nitrogens with two attached hydrogens (primary N) is 1. The molecule has 5 heteroatoms. The summed E-state index contributed by atoms with van der Waals surface area (Å²) in [6.45, 7) is 1.80. The van der Waals surface area contributed by atoms with Gasteiger partial charge in [0, 0.05) is 5.56 Å². The lowest BCUT2D eigenvalue weighted by Crippen LogP contribution is -2.10. The molecular weight excluding hydrogens is 209 g/mol. The molecule has 4 nitrogen and oxygen atoms in total. The van der Waals surface area contributed by atoms with Crippen molar-refractivity contribution in [3.05, 3.63) is 41.3 Å². The van der Waals surface area contributed by atoms with E-state index in [4.69, 9.17) is 5.73 Å². The Morgan fingerprint density at radius 2 is 2.19 bits per heavy atom. The third kappa shape index (κ3) is 1.79. The van der Waals surface area contributed by atoms with E-state index >= 15 is 0 Å². The first-order valence-corrected chi connectivity index (χ1v) is 4.69. The van der Waals surface area contributed by atoms with Crippen molar-refractivity contribution in [2.24, 2.45) is 5.73 Å². The smallest absolute Gasteiger partial charge is 0.266 e. The summed E-state index contributed by atoms with van der Waals surface area (Å²) in [6, 6.07) is 6.23. The fraction of sp³-hybridized carbons (Fsp3) is 0.0909. The quantitative estimate of drug-likeness (QED) is 0.805. The van der Waals surface area contributed by atoms with E-state index in [2.05, 4.69) is 10.2 Å². The van der Waals surface area contributed by atoms with Gasteiger partial charge in [0.2, 0.25) is 0 Å². The number of H-pyrrole nitrogens is 1. The molecule has 0 spiro atoms. The number of nitrogens with one attached hydrogen (secondary N) is 1. The van der Waals surface area contributed by atoms with Crippen LogP contribution in [0.15, 0.2) is 24.3 Å². The van der Waals surface area contributed by atoms with Crippen LogP contribution in [-0.4, -0.2) is 16.1 Å². The van der Waals surface area contributed by atoms with Crippen LogP contribution in [-0.2, 0) is 0 Å². The summed E-state index contributed by atoms with van der Waals surface area (Å²) in [5.41, 5.74) is 6.76. The first-order valence-electron chi connectivity index (χ1n) is 4.69. The van der Waals surface area contributed by atoms with E-state index in [9.17, 15) is 9.18 Å². The van der Waals surface area contributed by atoms with Crippen LogP contribution in [0.5, 0.6) is 0 Å². The van der Waals surface area contributed by atoms with Gasteiger partial charge in [-0.15, -0.1) is 0 Å². The molecule has 2 aromatic rings. The normalized spacial score (nSPS) is 10.4. The highest BCUT2D eigenvalue weighted by molar-refractivity contribution is 5.91. The Morgan fingerprint density at radius 3 is 2.75 bits per heavy atom. The Hall–Kier alpha value is -2.17. The number of carbonyl (C=O) groups excluding carboxylic acids is 1. The largest absolute Gasteiger partial charge is 0.364 e. The fourth-order valence-corrected chi connectivity index (χ4v) is 1.41. The molecule has 1 amide bonds. The summed E-state index contributed by atoms with van der Waals surface area (Å²) >= 11 is 0. The molecule has 0 bridgehead atoms. The average molecular weight is 219 g/mol. The van der Waals surface area contributed by atoms with Gasteiger partial charge in [-0.1, -0.05) is 6.07 Å². The van der Waals surface area contributed by atoms with Crippen LogP contribution in [0.3, 0.4) is 0 Å². The second kappa shape index (κ2) is 3.77. The molecule has 0 saturated heterocycles. The Labute approximate surface area is 91.3 Å². The van der Waals surface area contributed by atoms with Gasteiger partial charge >= 0.3 is 0 Å². The van der Waals surface area contributed by atoms with Crippen LogP contribution >= 0.6 is 0 Å². The maximum atomic E-state index is 13.6. The second-order valence-electron chi connectivity index (χ2n) is 3.51. The lowest BCUT2D eigenvalue weighted by molar-refractivity contribution is 0.0995. The zero-order valence-corrected chi connectivity index (χ0v) is 8.62. The van der Waals surface area contributed by atoms with Crippen molar-refractivity contribution in [2.45, 2.75) is 6.92 Å². The molecular formula is C11H10FN3O. The Balaban J connectivity index is 2.46. The zero-order valence-electron chi connectivity index (χ0n) is 8.62. The number of aromatic amines is 1. The highest BCUT2D eigenvalue weighted by Gasteiger charge is 2.11. The summed E-state index contributed by atoms with van der Waals surface area (Å²) in [6.07, 6.45) is 0. The van der Waals surface area contributed by atoms with Gasteiger partial charge < -0.3 is 5.73 Å². The van der Waals surface area contributed by atoms with E-state index in [0.717, 1.165) is 5.56 Å². The van der Waals surface area contributed by atoms with Crippen molar-refractivity contribution >= 4 is 5.91 Å². The van der Waals surface area contributed by atoms with Crippen molar-refractivity contribution in [1.29, 1.82) is 0 Å². The lowest BCUT2D eigenvalue weighted by Gasteiger charge is -1.99. The number of aryl methyl sites for hydroxylation is 1. The monoisotopic (exact) mass is 219 g/mol. The molecule has 1 heterocycles. The van der Waals surface area contributed by atoms with E-state index in [0.29, 0.717) is 11.3 Å². The molecule has 82 valence electrons. The molecule has 0 aliphatic carbocycles. The summed E-state index contributed by atoms with van der Waals surface area (Å²) in [4.78, 5) is 10.8. The third-order valence-electron chi connectivity index (χ3n) is 2.24. The number of hydrogen-bond acceptors (Lipinski definition) is 2. The van der Waals surface area contributed by atoms with Crippen molar-refractivity contribution in [3.8, 4) is 11.3 Å². The molecule has 1 aromatic carbocycles. The molecule has 0 atom stereocenters. The zero-order chi connectivity index (χ0) is 11.7. The maximum Gasteiger partial charge on any atom is 0.266 e. The highest BCUT2D eigenvalue weighted by Crippen LogP contribution is 2.22. The fourth-order valence-electron chi connectivity index (χ4n) is 1.41. The summed E-state index contributed by atoms with van der Waals surface area (Å²) < 4.78 is 13.6. The predicted molar refractivity (Wildman–Crippen MR) is 57.2 cm³/mol. The standard InChI is InChI=1S/C11H10FN3O/c1-6-2-3-7(8(12)4-6)9-5-10(11(13)16)15-14-9/h2-5H,1H3,(H2,13,16)(H,14,15). The van der Waals surface area contributed by atoms with Gasteiger partial charge in [0.05, 0.1) is 5.69 Å². The molecule has 0 radical (unpaired) electrons. The number of rotatable bonds is 2. The molecule has 0 aliphatic rings. The van der Waals surface area contributed by atoms with E-state index < -0.39 is 5.91 Å². The molecule has 1 aromatic heterocycles. The minimum atomic E-state index is -0.619. The van der Waals surface area contributed by atoms with E-state index in [1.165, 1.54) is 12.1 Å². The van der Waals surface area contributed by atoms with Crippen molar-refractivity contribution in [3.63, 3.8) is 0 Å². The number of aromatic nitrogens is 2. The van der Waals surface area contributed by atoms with Crippen LogP contribution < -0.4 is 5.73 Å². The number of primary amides is 1. The second-order valence-corrected chi connectivity index (χ2v) is 3.51. The lowest BCUT2D eigenvalue weighted by atomic mass is 10.1. The van der Waals surface area contributed by atoms with Crippen LogP contribution in [0.4, 0.5) is 4.39 Å². The van der Waals surface area contributed by atoms with E-state index in [1.54, 1.807) is 19.1 Å². The molecule has 0 unspecified atom stereocenters. The SMILES string of the molecule is Cc1ccc(-c2cc(C(N)=O)[nH]n2)c(F)c1. The molecule has 16 heavy (non-hydrogen) atoms. The molecule has 0 saturated carbocycles. The van der Waals surface area contributed by atoms with Gasteiger partial charge in [-0.3, -0.25) is 9.89 Å². The van der Waals surface area contributed by atoms with Crippen LogP contribution in [0.1, 0.15) is 16.1 Å². The maximum absolute atomic E-state index is 13.6. The number of amides is 1. The van der Waals surface area contributed by atoms with Crippen LogP contribution in [0.25, 0.3) is 11.3 Å². The van der Waals surface area contributed by atoms with Gasteiger partial charge in [0.1, 0.15) is 11.5 Å². The van der Waals surface area contributed by atoms with Gasteiger partial charge in [0.15, 0.2) is 0 Å².